The predicted molar refractivity (Wildman–Crippen MR) is 85.6 cm³/mol. The van der Waals surface area contributed by atoms with E-state index in [1.807, 2.05) is 0 Å². The van der Waals surface area contributed by atoms with Crippen molar-refractivity contribution in [2.75, 3.05) is 13.6 Å². The van der Waals surface area contributed by atoms with Crippen LogP contribution >= 0.6 is 0 Å². The molecule has 0 bridgehead atoms. The first-order chi connectivity index (χ1) is 10.7. The lowest BCUT2D eigenvalue weighted by atomic mass is 9.93. The summed E-state index contributed by atoms with van der Waals surface area (Å²) in [5.74, 6) is 0.835. The Hall–Kier alpha value is -2.31. The van der Waals surface area contributed by atoms with Crippen LogP contribution in [0.4, 0.5) is 4.79 Å². The first-order valence-corrected chi connectivity index (χ1v) is 7.68. The molecular weight excluding hydrogens is 296 g/mol. The van der Waals surface area contributed by atoms with Gasteiger partial charge < -0.3 is 20.1 Å². The summed E-state index contributed by atoms with van der Waals surface area (Å²) in [5, 5.41) is 9.43. The van der Waals surface area contributed by atoms with Gasteiger partial charge in [0.05, 0.1) is 17.3 Å². The van der Waals surface area contributed by atoms with Gasteiger partial charge in [-0.15, -0.1) is 0 Å². The Morgan fingerprint density at radius 1 is 1.35 bits per heavy atom. The molecular formula is C16H24N4O3. The van der Waals surface area contributed by atoms with Crippen LogP contribution in [0.2, 0.25) is 0 Å². The van der Waals surface area contributed by atoms with E-state index in [-0.39, 0.29) is 11.9 Å². The number of amides is 3. The molecule has 0 fully saturated rings. The lowest BCUT2D eigenvalue weighted by molar-refractivity contribution is -0.126. The molecule has 1 atom stereocenters. The number of carbonyl (C=O) groups excluding carboxylic acids is 2. The van der Waals surface area contributed by atoms with Crippen LogP contribution in [0, 0.1) is 19.8 Å². The second-order valence-corrected chi connectivity index (χ2v) is 6.39. The lowest BCUT2D eigenvalue weighted by Gasteiger charge is -2.31. The molecule has 0 saturated heterocycles. The van der Waals surface area contributed by atoms with Gasteiger partial charge in [-0.3, -0.25) is 4.79 Å². The predicted octanol–water partition coefficient (Wildman–Crippen LogP) is 2.03. The van der Waals surface area contributed by atoms with E-state index in [0.717, 1.165) is 5.56 Å². The Morgan fingerprint density at radius 3 is 2.52 bits per heavy atom. The lowest BCUT2D eigenvalue weighted by Crippen LogP contribution is -2.47. The second-order valence-electron chi connectivity index (χ2n) is 6.39. The number of hydrogen-bond donors (Lipinski definition) is 2. The maximum absolute atomic E-state index is 12.9. The number of carbonyl (C=O) groups is 2. The topological polar surface area (TPSA) is 87.5 Å². The summed E-state index contributed by atoms with van der Waals surface area (Å²) < 4.78 is 5.20. The van der Waals surface area contributed by atoms with Crippen molar-refractivity contribution in [1.29, 1.82) is 0 Å². The molecule has 2 heterocycles. The molecule has 1 aromatic rings. The molecule has 7 nitrogen and oxygen atoms in total. The molecule has 0 saturated carbocycles. The fourth-order valence-electron chi connectivity index (χ4n) is 2.93. The zero-order valence-corrected chi connectivity index (χ0v) is 14.5. The normalized spacial score (nSPS) is 18.0. The third kappa shape index (κ3) is 3.38. The van der Waals surface area contributed by atoms with Crippen molar-refractivity contribution in [3.63, 3.8) is 0 Å². The molecule has 0 aromatic carbocycles. The van der Waals surface area contributed by atoms with Crippen molar-refractivity contribution in [1.82, 2.24) is 20.7 Å². The number of allylic oxidation sites excluding steroid dienone is 1. The average Bonchev–Trinajstić information content (AvgIpc) is 2.75. The van der Waals surface area contributed by atoms with E-state index in [9.17, 15) is 9.59 Å². The molecule has 0 aliphatic carbocycles. The molecule has 126 valence electrons. The van der Waals surface area contributed by atoms with Crippen molar-refractivity contribution in [2.45, 2.75) is 40.7 Å². The third-order valence-electron chi connectivity index (χ3n) is 3.86. The molecule has 23 heavy (non-hydrogen) atoms. The van der Waals surface area contributed by atoms with Gasteiger partial charge in [-0.1, -0.05) is 19.0 Å². The molecule has 1 aliphatic rings. The monoisotopic (exact) mass is 320 g/mol. The Balaban J connectivity index is 2.45. The summed E-state index contributed by atoms with van der Waals surface area (Å²) in [6.07, 6.45) is 0. The molecule has 0 radical (unpaired) electrons. The zero-order chi connectivity index (χ0) is 17.3. The van der Waals surface area contributed by atoms with E-state index in [4.69, 9.17) is 4.52 Å². The number of rotatable bonds is 4. The van der Waals surface area contributed by atoms with Crippen LogP contribution in [0.1, 0.15) is 43.8 Å². The Bertz CT molecular complexity index is 641. The van der Waals surface area contributed by atoms with E-state index in [0.29, 0.717) is 35.2 Å². The maximum atomic E-state index is 12.9. The smallest absolute Gasteiger partial charge is 0.319 e. The number of urea groups is 1. The number of hydrogen-bond acceptors (Lipinski definition) is 4. The van der Waals surface area contributed by atoms with Crippen molar-refractivity contribution >= 4 is 11.9 Å². The van der Waals surface area contributed by atoms with E-state index in [1.54, 1.807) is 32.7 Å². The molecule has 2 N–H and O–H groups in total. The fourth-order valence-corrected chi connectivity index (χ4v) is 2.93. The van der Waals surface area contributed by atoms with E-state index >= 15 is 0 Å². The molecule has 7 heteroatoms. The Labute approximate surface area is 136 Å². The minimum atomic E-state index is -0.558. The second kappa shape index (κ2) is 6.44. The van der Waals surface area contributed by atoms with E-state index in [1.165, 1.54) is 0 Å². The molecule has 1 aromatic heterocycles. The number of nitrogens with one attached hydrogen (secondary N) is 2. The van der Waals surface area contributed by atoms with Gasteiger partial charge in [0, 0.05) is 24.9 Å². The summed E-state index contributed by atoms with van der Waals surface area (Å²) in [5.41, 5.74) is 2.47. The van der Waals surface area contributed by atoms with Crippen LogP contribution in [0.25, 0.3) is 0 Å². The average molecular weight is 320 g/mol. The van der Waals surface area contributed by atoms with Gasteiger partial charge in [0.25, 0.3) is 5.91 Å². The fraction of sp³-hybridized carbons (Fsp3) is 0.562. The van der Waals surface area contributed by atoms with Gasteiger partial charge in [0.15, 0.2) is 0 Å². The first-order valence-electron chi connectivity index (χ1n) is 7.68. The summed E-state index contributed by atoms with van der Waals surface area (Å²) >= 11 is 0. The van der Waals surface area contributed by atoms with Gasteiger partial charge in [-0.25, -0.2) is 4.79 Å². The highest BCUT2D eigenvalue weighted by Crippen LogP contribution is 2.32. The van der Waals surface area contributed by atoms with Crippen LogP contribution < -0.4 is 10.6 Å². The van der Waals surface area contributed by atoms with E-state index < -0.39 is 6.04 Å². The van der Waals surface area contributed by atoms with Crippen LogP contribution in [-0.2, 0) is 4.79 Å². The Kier molecular flexibility index (Phi) is 4.77. The standard InChI is InChI=1S/C16H24N4O3/c1-8(2)7-20(6)15(21)13-9(3)17-16(22)18-14(13)12-10(4)19-23-11(12)5/h8,14H,7H2,1-6H3,(H2,17,18,22). The highest BCUT2D eigenvalue weighted by molar-refractivity contribution is 5.98. The summed E-state index contributed by atoms with van der Waals surface area (Å²) in [6, 6.07) is -0.896. The molecule has 1 unspecified atom stereocenters. The van der Waals surface area contributed by atoms with Crippen molar-refractivity contribution < 1.29 is 14.1 Å². The van der Waals surface area contributed by atoms with Gasteiger partial charge in [-0.2, -0.15) is 0 Å². The minimum absolute atomic E-state index is 0.117. The molecule has 1 aliphatic heterocycles. The van der Waals surface area contributed by atoms with Crippen LogP contribution in [0.5, 0.6) is 0 Å². The van der Waals surface area contributed by atoms with Crippen LogP contribution in [0.3, 0.4) is 0 Å². The van der Waals surface area contributed by atoms with Gasteiger partial charge in [-0.05, 0) is 26.7 Å². The number of likely N-dealkylation sites (N-methyl/N-ethyl adjacent to an activating group) is 1. The van der Waals surface area contributed by atoms with E-state index in [2.05, 4.69) is 29.6 Å². The molecule has 2 rings (SSSR count). The van der Waals surface area contributed by atoms with Gasteiger partial charge in [0.2, 0.25) is 0 Å². The number of aryl methyl sites for hydroxylation is 2. The zero-order valence-electron chi connectivity index (χ0n) is 14.5. The van der Waals surface area contributed by atoms with Crippen molar-refractivity contribution in [2.24, 2.45) is 5.92 Å². The third-order valence-corrected chi connectivity index (χ3v) is 3.86. The van der Waals surface area contributed by atoms with Crippen LogP contribution in [-0.4, -0.2) is 35.6 Å². The minimum Gasteiger partial charge on any atom is -0.361 e. The summed E-state index contributed by atoms with van der Waals surface area (Å²) in [4.78, 5) is 26.5. The Morgan fingerprint density at radius 2 is 2.00 bits per heavy atom. The number of aromatic nitrogens is 1. The molecule has 0 spiro atoms. The highest BCUT2D eigenvalue weighted by atomic mass is 16.5. The van der Waals surface area contributed by atoms with Crippen molar-refractivity contribution in [3.05, 3.63) is 28.3 Å². The summed E-state index contributed by atoms with van der Waals surface area (Å²) in [7, 11) is 1.77. The van der Waals surface area contributed by atoms with Gasteiger partial charge in [0.1, 0.15) is 5.76 Å². The largest absolute Gasteiger partial charge is 0.361 e. The SMILES string of the molecule is CC1=C(C(=O)N(C)CC(C)C)C(c2c(C)noc2C)NC(=O)N1. The maximum Gasteiger partial charge on any atom is 0.319 e. The number of nitrogens with zero attached hydrogens (tertiary/aromatic N) is 2. The highest BCUT2D eigenvalue weighted by Gasteiger charge is 2.35. The summed E-state index contributed by atoms with van der Waals surface area (Å²) in [6.45, 7) is 10.1. The van der Waals surface area contributed by atoms with Gasteiger partial charge >= 0.3 is 6.03 Å². The quantitative estimate of drug-likeness (QED) is 0.888. The van der Waals surface area contributed by atoms with Crippen LogP contribution in [0.15, 0.2) is 15.8 Å². The first kappa shape index (κ1) is 17.1. The van der Waals surface area contributed by atoms with Crippen molar-refractivity contribution in [3.8, 4) is 0 Å². The molecule has 3 amide bonds.